The standard InChI is InChI=1S/C28H18O4.C14H10O2.C8H18O2/c29-25-27(19-11-3-1-4-12-19,21-15-7-9-17-23(21)31-25)28(20-13-5-2-6-14-20)22-16-8-10-18-24(22)32-26(28)30;15-14-13(10-6-2-1-3-7-10)11-8-4-5-9-12(11)16-14;1-7(2,3)9-10-8(4,5)6/h1-18H;1-9,13H;1-6H3. The summed E-state index contributed by atoms with van der Waals surface area (Å²) in [6.45, 7) is 11.7. The lowest BCUT2D eigenvalue weighted by Crippen LogP contribution is -2.58. The zero-order valence-corrected chi connectivity index (χ0v) is 33.4. The summed E-state index contributed by atoms with van der Waals surface area (Å²) in [7, 11) is 0. The van der Waals surface area contributed by atoms with Crippen molar-refractivity contribution in [1.29, 1.82) is 0 Å². The molecule has 0 amide bonds. The summed E-state index contributed by atoms with van der Waals surface area (Å²) >= 11 is 0. The Balaban J connectivity index is 0.000000163. The second kappa shape index (κ2) is 15.9. The molecule has 3 aliphatic heterocycles. The van der Waals surface area contributed by atoms with Crippen molar-refractivity contribution >= 4 is 17.9 Å². The lowest BCUT2D eigenvalue weighted by Gasteiger charge is -2.42. The van der Waals surface area contributed by atoms with Crippen molar-refractivity contribution in [2.75, 3.05) is 0 Å². The van der Waals surface area contributed by atoms with E-state index >= 15 is 0 Å². The van der Waals surface area contributed by atoms with Gasteiger partial charge in [0.05, 0.1) is 11.2 Å². The molecule has 8 nitrogen and oxygen atoms in total. The smallest absolute Gasteiger partial charge is 0.328 e. The molecule has 3 aliphatic rings. The molecule has 8 heteroatoms. The third-order valence-electron chi connectivity index (χ3n) is 9.93. The largest absolute Gasteiger partial charge is 0.425 e. The van der Waals surface area contributed by atoms with E-state index in [9.17, 15) is 14.4 Å². The van der Waals surface area contributed by atoms with Gasteiger partial charge in [0.2, 0.25) is 0 Å². The Morgan fingerprint density at radius 1 is 0.431 bits per heavy atom. The fraction of sp³-hybridized carbons (Fsp3) is 0.220. The SMILES string of the molecule is CC(C)(C)OOC(C)(C)C.O=C1Oc2ccccc2C1(c1ccccc1)C1(c2ccccc2)C(=O)Oc2ccccc21.O=C1Oc2ccccc2C1c1ccccc1. The summed E-state index contributed by atoms with van der Waals surface area (Å²) in [5.74, 6) is 0.138. The molecular formula is C50H46O8. The molecule has 3 unspecified atom stereocenters. The van der Waals surface area contributed by atoms with Gasteiger partial charge in [-0.2, -0.15) is 0 Å². The Labute approximate surface area is 339 Å². The van der Waals surface area contributed by atoms with Crippen LogP contribution in [0.5, 0.6) is 17.2 Å². The van der Waals surface area contributed by atoms with E-state index in [1.54, 1.807) is 12.1 Å². The Bertz CT molecular complexity index is 2290. The van der Waals surface area contributed by atoms with Crippen molar-refractivity contribution in [2.45, 2.75) is 69.5 Å². The molecule has 0 radical (unpaired) electrons. The monoisotopic (exact) mass is 774 g/mol. The molecular weight excluding hydrogens is 729 g/mol. The fourth-order valence-corrected chi connectivity index (χ4v) is 7.69. The topological polar surface area (TPSA) is 97.4 Å². The van der Waals surface area contributed by atoms with Gasteiger partial charge < -0.3 is 14.2 Å². The molecule has 0 bridgehead atoms. The van der Waals surface area contributed by atoms with Crippen molar-refractivity contribution in [1.82, 2.24) is 0 Å². The van der Waals surface area contributed by atoms with Crippen molar-refractivity contribution in [3.63, 3.8) is 0 Å². The molecule has 294 valence electrons. The first-order valence-corrected chi connectivity index (χ1v) is 19.2. The highest BCUT2D eigenvalue weighted by molar-refractivity contribution is 6.08. The molecule has 0 saturated carbocycles. The van der Waals surface area contributed by atoms with Crippen LogP contribution in [-0.2, 0) is 35.0 Å². The molecule has 0 aromatic heterocycles. The Morgan fingerprint density at radius 3 is 1.22 bits per heavy atom. The minimum absolute atomic E-state index is 0.188. The number of carbonyl (C=O) groups is 3. The minimum Gasteiger partial charge on any atom is -0.425 e. The Kier molecular flexibility index (Phi) is 10.9. The van der Waals surface area contributed by atoms with Crippen LogP contribution in [0.15, 0.2) is 164 Å². The van der Waals surface area contributed by atoms with Gasteiger partial charge in [-0.1, -0.05) is 146 Å². The summed E-state index contributed by atoms with van der Waals surface area (Å²) in [6.07, 6.45) is 0. The molecule has 0 aliphatic carbocycles. The highest BCUT2D eigenvalue weighted by Crippen LogP contribution is 2.62. The van der Waals surface area contributed by atoms with Crippen LogP contribution in [0.25, 0.3) is 0 Å². The molecule has 0 fully saturated rings. The van der Waals surface area contributed by atoms with Crippen molar-refractivity contribution in [3.05, 3.63) is 197 Å². The summed E-state index contributed by atoms with van der Waals surface area (Å²) in [6, 6.07) is 50.7. The summed E-state index contributed by atoms with van der Waals surface area (Å²) < 4.78 is 16.9. The van der Waals surface area contributed by atoms with Crippen LogP contribution in [0.3, 0.4) is 0 Å². The lowest BCUT2D eigenvalue weighted by molar-refractivity contribution is -0.393. The summed E-state index contributed by atoms with van der Waals surface area (Å²) in [5, 5.41) is 0. The van der Waals surface area contributed by atoms with E-state index in [0.29, 0.717) is 39.5 Å². The highest BCUT2D eigenvalue weighted by Gasteiger charge is 2.72. The predicted molar refractivity (Wildman–Crippen MR) is 221 cm³/mol. The molecule has 6 aromatic carbocycles. The van der Waals surface area contributed by atoms with Gasteiger partial charge >= 0.3 is 17.9 Å². The van der Waals surface area contributed by atoms with Gasteiger partial charge in [0, 0.05) is 16.7 Å². The van der Waals surface area contributed by atoms with Crippen molar-refractivity contribution < 1.29 is 38.4 Å². The lowest BCUT2D eigenvalue weighted by atomic mass is 9.52. The van der Waals surface area contributed by atoms with E-state index in [0.717, 1.165) is 11.1 Å². The molecule has 0 spiro atoms. The molecule has 3 heterocycles. The van der Waals surface area contributed by atoms with Crippen molar-refractivity contribution in [2.24, 2.45) is 0 Å². The average molecular weight is 775 g/mol. The number of esters is 3. The van der Waals surface area contributed by atoms with E-state index in [2.05, 4.69) is 0 Å². The second-order valence-corrected chi connectivity index (χ2v) is 16.2. The number of para-hydroxylation sites is 3. The number of fused-ring (bicyclic) bond motifs is 3. The van der Waals surface area contributed by atoms with Crippen LogP contribution in [-0.4, -0.2) is 29.1 Å². The van der Waals surface area contributed by atoms with E-state index in [-0.39, 0.29) is 23.1 Å². The second-order valence-electron chi connectivity index (χ2n) is 16.2. The van der Waals surface area contributed by atoms with Crippen LogP contribution in [0, 0.1) is 0 Å². The zero-order chi connectivity index (χ0) is 41.1. The molecule has 0 N–H and O–H groups in total. The Hall–Kier alpha value is -6.35. The third-order valence-corrected chi connectivity index (χ3v) is 9.93. The van der Waals surface area contributed by atoms with Crippen LogP contribution in [0.2, 0.25) is 0 Å². The first-order chi connectivity index (χ1) is 27.8. The van der Waals surface area contributed by atoms with Gasteiger partial charge in [0.15, 0.2) is 0 Å². The maximum atomic E-state index is 14.0. The fourth-order valence-electron chi connectivity index (χ4n) is 7.69. The molecule has 9 rings (SSSR count). The van der Waals surface area contributed by atoms with Gasteiger partial charge in [-0.25, -0.2) is 9.78 Å². The minimum atomic E-state index is -1.46. The third kappa shape index (κ3) is 7.33. The molecule has 3 atom stereocenters. The number of hydrogen-bond donors (Lipinski definition) is 0. The van der Waals surface area contributed by atoms with Crippen LogP contribution in [0.4, 0.5) is 0 Å². The van der Waals surface area contributed by atoms with Gasteiger partial charge in [0.25, 0.3) is 0 Å². The first-order valence-electron chi connectivity index (χ1n) is 19.2. The average Bonchev–Trinajstić information content (AvgIpc) is 3.83. The van der Waals surface area contributed by atoms with Crippen LogP contribution in [0.1, 0.15) is 80.8 Å². The van der Waals surface area contributed by atoms with E-state index in [4.69, 9.17) is 24.0 Å². The quantitative estimate of drug-likeness (QED) is 0.0739. The highest BCUT2D eigenvalue weighted by atomic mass is 17.2. The normalized spacial score (nSPS) is 20.2. The molecule has 58 heavy (non-hydrogen) atoms. The predicted octanol–water partition coefficient (Wildman–Crippen LogP) is 10.1. The number of hydrogen-bond acceptors (Lipinski definition) is 8. The molecule has 6 aromatic rings. The maximum Gasteiger partial charge on any atom is 0.328 e. The number of rotatable bonds is 5. The van der Waals surface area contributed by atoms with E-state index in [1.807, 2.05) is 193 Å². The van der Waals surface area contributed by atoms with Crippen LogP contribution < -0.4 is 14.2 Å². The van der Waals surface area contributed by atoms with Gasteiger partial charge in [0.1, 0.15) is 34.0 Å². The van der Waals surface area contributed by atoms with E-state index in [1.165, 1.54) is 0 Å². The van der Waals surface area contributed by atoms with Crippen LogP contribution >= 0.6 is 0 Å². The van der Waals surface area contributed by atoms with Crippen molar-refractivity contribution in [3.8, 4) is 17.2 Å². The van der Waals surface area contributed by atoms with Gasteiger partial charge in [-0.05, 0) is 76.4 Å². The maximum absolute atomic E-state index is 14.0. The Morgan fingerprint density at radius 2 is 0.793 bits per heavy atom. The first kappa shape index (κ1) is 39.9. The number of carbonyl (C=O) groups excluding carboxylic acids is 3. The molecule has 0 saturated heterocycles. The van der Waals surface area contributed by atoms with Gasteiger partial charge in [-0.15, -0.1) is 0 Å². The number of ether oxygens (including phenoxy) is 3. The summed E-state index contributed by atoms with van der Waals surface area (Å²) in [4.78, 5) is 50.1. The number of benzene rings is 6. The summed E-state index contributed by atoms with van der Waals surface area (Å²) in [5.41, 5.74) is 1.23. The zero-order valence-electron chi connectivity index (χ0n) is 33.4. The van der Waals surface area contributed by atoms with Gasteiger partial charge in [-0.3, -0.25) is 14.4 Å². The van der Waals surface area contributed by atoms with E-state index < -0.39 is 22.8 Å².